The molecule has 0 aliphatic heterocycles. The number of H-pyrrole nitrogens is 1. The van der Waals surface area contributed by atoms with Gasteiger partial charge in [0, 0.05) is 24.5 Å². The highest BCUT2D eigenvalue weighted by atomic mass is 16.3. The van der Waals surface area contributed by atoms with E-state index < -0.39 is 23.0 Å². The third-order valence-electron chi connectivity index (χ3n) is 2.82. The molecule has 0 aliphatic rings. The average molecular weight is 315 g/mol. The number of aromatic nitrogens is 3. The molecule has 0 unspecified atom stereocenters. The predicted octanol–water partition coefficient (Wildman–Crippen LogP) is -0.413. The number of allylic oxidation sites excluding steroid dienone is 1. The largest absolute Gasteiger partial charge is 0.494 e. The first-order chi connectivity index (χ1) is 11.0. The molecule has 1 amide bonds. The molecule has 0 fully saturated rings. The first-order valence-corrected chi connectivity index (χ1v) is 6.45. The quantitative estimate of drug-likeness (QED) is 0.392. The fourth-order valence-corrected chi connectivity index (χ4v) is 1.71. The van der Waals surface area contributed by atoms with Gasteiger partial charge in [0.2, 0.25) is 5.88 Å². The van der Waals surface area contributed by atoms with E-state index in [0.717, 1.165) is 10.8 Å². The summed E-state index contributed by atoms with van der Waals surface area (Å²) in [6.45, 7) is 3.46. The summed E-state index contributed by atoms with van der Waals surface area (Å²) in [4.78, 5) is 40.8. The Morgan fingerprint density at radius 1 is 1.43 bits per heavy atom. The van der Waals surface area contributed by atoms with Gasteiger partial charge in [0.1, 0.15) is 5.56 Å². The molecule has 0 aliphatic carbocycles. The molecule has 0 saturated carbocycles. The minimum Gasteiger partial charge on any atom is -0.494 e. The zero-order chi connectivity index (χ0) is 16.8. The smallest absolute Gasteiger partial charge is 0.331 e. The molecule has 2 rings (SSSR count). The summed E-state index contributed by atoms with van der Waals surface area (Å²) in [7, 11) is 0. The van der Waals surface area contributed by atoms with Crippen LogP contribution in [0.3, 0.4) is 0 Å². The van der Waals surface area contributed by atoms with Gasteiger partial charge in [-0.2, -0.15) is 5.10 Å². The van der Waals surface area contributed by atoms with E-state index >= 15 is 0 Å². The molecule has 9 heteroatoms. The molecule has 2 heterocycles. The Morgan fingerprint density at radius 3 is 2.78 bits per heavy atom. The fraction of sp³-hybridized carbons (Fsp3) is 0.0714. The maximum absolute atomic E-state index is 11.8. The van der Waals surface area contributed by atoms with Crippen LogP contribution in [0.2, 0.25) is 0 Å². The average Bonchev–Trinajstić information content (AvgIpc) is 2.55. The number of carbonyl (C=O) groups is 1. The predicted molar refractivity (Wildman–Crippen MR) is 82.5 cm³/mol. The second kappa shape index (κ2) is 6.98. The zero-order valence-corrected chi connectivity index (χ0v) is 11.9. The molecule has 23 heavy (non-hydrogen) atoms. The van der Waals surface area contributed by atoms with E-state index in [9.17, 15) is 19.5 Å². The highest BCUT2D eigenvalue weighted by molar-refractivity contribution is 5.94. The van der Waals surface area contributed by atoms with Crippen LogP contribution >= 0.6 is 0 Å². The van der Waals surface area contributed by atoms with Crippen molar-refractivity contribution in [1.29, 1.82) is 0 Å². The molecule has 0 atom stereocenters. The van der Waals surface area contributed by atoms with Crippen LogP contribution in [0.1, 0.15) is 15.9 Å². The Balaban J connectivity index is 2.25. The minimum atomic E-state index is -0.824. The summed E-state index contributed by atoms with van der Waals surface area (Å²) < 4.78 is 0.903. The van der Waals surface area contributed by atoms with Crippen molar-refractivity contribution in [3.05, 3.63) is 69.1 Å². The molecule has 118 valence electrons. The molecule has 0 bridgehead atoms. The summed E-state index contributed by atoms with van der Waals surface area (Å²) >= 11 is 0. The van der Waals surface area contributed by atoms with E-state index in [1.54, 1.807) is 0 Å². The van der Waals surface area contributed by atoms with Crippen molar-refractivity contribution in [1.82, 2.24) is 20.0 Å². The van der Waals surface area contributed by atoms with Crippen molar-refractivity contribution >= 4 is 12.1 Å². The molecule has 0 saturated heterocycles. The van der Waals surface area contributed by atoms with Crippen molar-refractivity contribution in [3.63, 3.8) is 0 Å². The highest BCUT2D eigenvalue weighted by Gasteiger charge is 2.11. The number of aromatic amines is 1. The monoisotopic (exact) mass is 315 g/mol. The first-order valence-electron chi connectivity index (χ1n) is 6.45. The number of amides is 1. The number of hydrogen-bond donors (Lipinski definition) is 3. The van der Waals surface area contributed by atoms with Gasteiger partial charge in [0.15, 0.2) is 0 Å². The topological polar surface area (TPSA) is 129 Å². The summed E-state index contributed by atoms with van der Waals surface area (Å²) in [5, 5.41) is 13.6. The SMILES string of the molecule is C=CCn1c(O)c(/C=N/NC(=O)c2ccncc2)c(=O)[nH]c1=O. The van der Waals surface area contributed by atoms with Crippen molar-refractivity contribution < 1.29 is 9.90 Å². The Bertz CT molecular complexity index is 867. The van der Waals surface area contributed by atoms with Crippen LogP contribution in [0.5, 0.6) is 5.88 Å². The molecule has 0 spiro atoms. The summed E-state index contributed by atoms with van der Waals surface area (Å²) in [5.74, 6) is -1.08. The van der Waals surface area contributed by atoms with Crippen LogP contribution in [0.4, 0.5) is 0 Å². The first kappa shape index (κ1) is 15.9. The van der Waals surface area contributed by atoms with Gasteiger partial charge in [-0.15, -0.1) is 6.58 Å². The Hall–Kier alpha value is -3.49. The maximum atomic E-state index is 11.8. The van der Waals surface area contributed by atoms with Crippen LogP contribution in [-0.4, -0.2) is 31.8 Å². The van der Waals surface area contributed by atoms with Gasteiger partial charge < -0.3 is 5.11 Å². The highest BCUT2D eigenvalue weighted by Crippen LogP contribution is 2.07. The Labute approximate surface area is 129 Å². The fourth-order valence-electron chi connectivity index (χ4n) is 1.71. The van der Waals surface area contributed by atoms with Gasteiger partial charge in [-0.05, 0) is 12.1 Å². The van der Waals surface area contributed by atoms with Gasteiger partial charge in [0.25, 0.3) is 11.5 Å². The number of nitrogens with one attached hydrogen (secondary N) is 2. The van der Waals surface area contributed by atoms with Crippen LogP contribution in [0, 0.1) is 0 Å². The second-order valence-corrected chi connectivity index (χ2v) is 4.33. The molecular weight excluding hydrogens is 302 g/mol. The Kier molecular flexibility index (Phi) is 4.82. The number of aromatic hydroxyl groups is 1. The number of pyridine rings is 1. The molecule has 3 N–H and O–H groups in total. The van der Waals surface area contributed by atoms with E-state index in [0.29, 0.717) is 5.56 Å². The van der Waals surface area contributed by atoms with Crippen molar-refractivity contribution in [2.75, 3.05) is 0 Å². The number of hydrogen-bond acceptors (Lipinski definition) is 6. The molecule has 0 radical (unpaired) electrons. The zero-order valence-electron chi connectivity index (χ0n) is 11.9. The minimum absolute atomic E-state index is 0.00562. The standard InChI is InChI=1S/C14H13N5O4/c1-2-7-19-13(22)10(12(21)17-14(19)23)8-16-18-11(20)9-3-5-15-6-4-9/h2-6,8,22H,1,7H2,(H,18,20)(H,17,21,23)/b16-8+. The number of nitrogens with zero attached hydrogens (tertiary/aromatic N) is 3. The van der Waals surface area contributed by atoms with E-state index in [1.165, 1.54) is 30.6 Å². The second-order valence-electron chi connectivity index (χ2n) is 4.33. The maximum Gasteiger partial charge on any atom is 0.331 e. The van der Waals surface area contributed by atoms with E-state index in [1.807, 2.05) is 4.98 Å². The lowest BCUT2D eigenvalue weighted by Gasteiger charge is -2.06. The van der Waals surface area contributed by atoms with Crippen molar-refractivity contribution in [2.24, 2.45) is 5.10 Å². The molecule has 0 aromatic carbocycles. The molecule has 2 aromatic heterocycles. The van der Waals surface area contributed by atoms with Crippen molar-refractivity contribution in [2.45, 2.75) is 6.54 Å². The van der Waals surface area contributed by atoms with E-state index in [2.05, 4.69) is 22.1 Å². The van der Waals surface area contributed by atoms with E-state index in [-0.39, 0.29) is 12.1 Å². The summed E-state index contributed by atoms with van der Waals surface area (Å²) in [6.07, 6.45) is 5.22. The third-order valence-corrected chi connectivity index (χ3v) is 2.82. The van der Waals surface area contributed by atoms with Crippen LogP contribution in [0.15, 0.2) is 51.9 Å². The van der Waals surface area contributed by atoms with Gasteiger partial charge in [-0.3, -0.25) is 24.1 Å². The van der Waals surface area contributed by atoms with Crippen LogP contribution in [0.25, 0.3) is 0 Å². The Morgan fingerprint density at radius 2 is 2.13 bits per heavy atom. The molecule has 2 aromatic rings. The van der Waals surface area contributed by atoms with Gasteiger partial charge >= 0.3 is 5.69 Å². The van der Waals surface area contributed by atoms with E-state index in [4.69, 9.17) is 0 Å². The molecule has 9 nitrogen and oxygen atoms in total. The lowest BCUT2D eigenvalue weighted by molar-refractivity contribution is 0.0955. The normalized spacial score (nSPS) is 10.6. The van der Waals surface area contributed by atoms with Gasteiger partial charge in [-0.1, -0.05) is 6.08 Å². The van der Waals surface area contributed by atoms with Gasteiger partial charge in [0.05, 0.1) is 6.21 Å². The van der Waals surface area contributed by atoms with Crippen LogP contribution in [-0.2, 0) is 6.54 Å². The molecular formula is C14H13N5O4. The van der Waals surface area contributed by atoms with Crippen LogP contribution < -0.4 is 16.7 Å². The third kappa shape index (κ3) is 3.59. The summed E-state index contributed by atoms with van der Waals surface area (Å²) in [5.41, 5.74) is 0.665. The van der Waals surface area contributed by atoms with Gasteiger partial charge in [-0.25, -0.2) is 10.2 Å². The van der Waals surface area contributed by atoms with Crippen molar-refractivity contribution in [3.8, 4) is 5.88 Å². The number of hydrazone groups is 1. The lowest BCUT2D eigenvalue weighted by atomic mass is 10.3. The number of rotatable bonds is 5. The lowest BCUT2D eigenvalue weighted by Crippen LogP contribution is -2.32. The number of carbonyl (C=O) groups excluding carboxylic acids is 1. The summed E-state index contributed by atoms with van der Waals surface area (Å²) in [6, 6.07) is 2.97.